The summed E-state index contributed by atoms with van der Waals surface area (Å²) in [4.78, 5) is 29.2. The first kappa shape index (κ1) is 22.3. The largest absolute Gasteiger partial charge is 0.372 e. The van der Waals surface area contributed by atoms with Crippen LogP contribution in [-0.2, 0) is 9.59 Å². The van der Waals surface area contributed by atoms with Crippen molar-refractivity contribution in [3.05, 3.63) is 101 Å². The summed E-state index contributed by atoms with van der Waals surface area (Å²) in [5, 5.41) is 3.77. The van der Waals surface area contributed by atoms with E-state index in [2.05, 4.69) is 75.5 Å². The zero-order chi connectivity index (χ0) is 24.6. The molecule has 0 saturated heterocycles. The third-order valence-electron chi connectivity index (χ3n) is 9.71. The van der Waals surface area contributed by atoms with Crippen LogP contribution in [0.4, 0.5) is 5.69 Å². The molecule has 0 aromatic heterocycles. The van der Waals surface area contributed by atoms with Gasteiger partial charge in [0.25, 0.3) is 0 Å². The topological polar surface area (TPSA) is 46.2 Å². The predicted molar refractivity (Wildman–Crippen MR) is 140 cm³/mol. The molecule has 5 fully saturated rings. The van der Waals surface area contributed by atoms with Crippen LogP contribution in [0.15, 0.2) is 78.9 Å². The molecule has 6 atom stereocenters. The van der Waals surface area contributed by atoms with Crippen LogP contribution in [-0.4, -0.2) is 17.1 Å². The van der Waals surface area contributed by atoms with Crippen molar-refractivity contribution in [1.82, 2.24) is 0 Å². The van der Waals surface area contributed by atoms with Gasteiger partial charge in [-0.3, -0.25) is 9.59 Å². The predicted octanol–water partition coefficient (Wildman–Crippen LogP) is 6.61. The normalized spacial score (nSPS) is 35.4. The molecular weight excluding hydrogens is 430 g/mol. The summed E-state index contributed by atoms with van der Waals surface area (Å²) in [5.41, 5.74) is 3.13. The smallest absolute Gasteiger partial charge is 0.166 e. The fourth-order valence-electron chi connectivity index (χ4n) is 8.01. The second kappa shape index (κ2) is 7.40. The number of carbonyl (C=O) groups is 2. The third kappa shape index (κ3) is 2.78. The van der Waals surface area contributed by atoms with Gasteiger partial charge in [0, 0.05) is 28.4 Å². The summed E-state index contributed by atoms with van der Waals surface area (Å²) < 4.78 is 0. The van der Waals surface area contributed by atoms with Crippen molar-refractivity contribution < 1.29 is 9.59 Å². The summed E-state index contributed by atoms with van der Waals surface area (Å²) in [7, 11) is 0. The first-order chi connectivity index (χ1) is 16.7. The van der Waals surface area contributed by atoms with Crippen molar-refractivity contribution in [2.24, 2.45) is 16.7 Å². The van der Waals surface area contributed by atoms with Gasteiger partial charge in [0.05, 0.1) is 0 Å². The van der Waals surface area contributed by atoms with Gasteiger partial charge >= 0.3 is 0 Å². The van der Waals surface area contributed by atoms with Gasteiger partial charge in [-0.1, -0.05) is 80.6 Å². The van der Waals surface area contributed by atoms with E-state index in [1.165, 1.54) is 5.56 Å². The monoisotopic (exact) mass is 463 g/mol. The van der Waals surface area contributed by atoms with E-state index in [1.807, 2.05) is 36.4 Å². The Hall–Kier alpha value is -3.20. The molecule has 4 bridgehead atoms. The van der Waals surface area contributed by atoms with Gasteiger partial charge in [-0.05, 0) is 67.0 Å². The quantitative estimate of drug-likeness (QED) is 0.474. The number of Topliss-reactive ketones (excluding diaryl/α,β-unsaturated/α-hetero) is 2. The summed E-state index contributed by atoms with van der Waals surface area (Å²) in [6, 6.07) is 27.1. The van der Waals surface area contributed by atoms with E-state index in [1.54, 1.807) is 0 Å². The third-order valence-corrected chi connectivity index (χ3v) is 9.71. The van der Waals surface area contributed by atoms with Crippen molar-refractivity contribution in [3.63, 3.8) is 0 Å². The van der Waals surface area contributed by atoms with Gasteiger partial charge in [-0.25, -0.2) is 0 Å². The molecule has 0 aliphatic heterocycles. The van der Waals surface area contributed by atoms with E-state index >= 15 is 0 Å². The van der Waals surface area contributed by atoms with Crippen LogP contribution in [0.3, 0.4) is 0 Å². The highest BCUT2D eigenvalue weighted by atomic mass is 16.2. The molecule has 3 aromatic carbocycles. The Kier molecular flexibility index (Phi) is 4.71. The lowest BCUT2D eigenvalue weighted by molar-refractivity contribution is -0.192. The number of anilines is 1. The van der Waals surface area contributed by atoms with Crippen LogP contribution in [0.2, 0.25) is 0 Å². The molecule has 0 heterocycles. The molecule has 35 heavy (non-hydrogen) atoms. The number of benzene rings is 3. The molecule has 0 amide bonds. The maximum atomic E-state index is 15.0. The number of carbonyl (C=O) groups excluding carboxylic acids is 2. The fourth-order valence-corrected chi connectivity index (χ4v) is 8.01. The maximum absolute atomic E-state index is 15.0. The number of nitrogens with one attached hydrogen (secondary N) is 1. The number of aryl methyl sites for hydroxylation is 2. The Morgan fingerprint density at radius 3 is 1.86 bits per heavy atom. The summed E-state index contributed by atoms with van der Waals surface area (Å²) in [6.45, 7) is 8.31. The highest BCUT2D eigenvalue weighted by Gasteiger charge is 2.80. The van der Waals surface area contributed by atoms with Gasteiger partial charge in [-0.2, -0.15) is 0 Å². The summed E-state index contributed by atoms with van der Waals surface area (Å²) in [6.07, 6.45) is 1.37. The molecule has 5 aliphatic carbocycles. The molecule has 3 aromatic rings. The van der Waals surface area contributed by atoms with Crippen LogP contribution in [0.5, 0.6) is 0 Å². The average molecular weight is 464 g/mol. The molecule has 0 radical (unpaired) electrons. The zero-order valence-electron chi connectivity index (χ0n) is 21.0. The number of fused-ring (bicyclic) bond motifs is 2. The van der Waals surface area contributed by atoms with Gasteiger partial charge in [0.2, 0.25) is 0 Å². The molecule has 0 spiro atoms. The van der Waals surface area contributed by atoms with E-state index in [-0.39, 0.29) is 29.3 Å². The van der Waals surface area contributed by atoms with E-state index in [9.17, 15) is 9.59 Å². The Bertz CT molecular complexity index is 1310. The van der Waals surface area contributed by atoms with Gasteiger partial charge in [0.1, 0.15) is 11.3 Å². The Morgan fingerprint density at radius 2 is 1.29 bits per heavy atom. The molecule has 178 valence electrons. The highest BCUT2D eigenvalue weighted by molar-refractivity contribution is 6.14. The van der Waals surface area contributed by atoms with Gasteiger partial charge in [0.15, 0.2) is 5.78 Å². The summed E-state index contributed by atoms with van der Waals surface area (Å²) in [5.74, 6) is 0.0726. The minimum atomic E-state index is -0.948. The SMILES string of the molecule is Cc1cc(C)cc(N[C@]23C(=O)[C@]4(C)[C@@H](c5ccccc5)C[C@@H]2C(=O)[C@@]4(C)C[C@H]3c2ccccc2)c1. The first-order valence-corrected chi connectivity index (χ1v) is 12.8. The van der Waals surface area contributed by atoms with E-state index < -0.39 is 16.4 Å². The van der Waals surface area contributed by atoms with Crippen molar-refractivity contribution >= 4 is 17.3 Å². The lowest BCUT2D eigenvalue weighted by Gasteiger charge is -2.71. The minimum Gasteiger partial charge on any atom is -0.372 e. The Labute approximate surface area is 208 Å². The van der Waals surface area contributed by atoms with E-state index in [0.29, 0.717) is 12.8 Å². The van der Waals surface area contributed by atoms with Crippen molar-refractivity contribution in [1.29, 1.82) is 0 Å². The molecular formula is C32H33NO2. The van der Waals surface area contributed by atoms with E-state index in [0.717, 1.165) is 22.4 Å². The molecule has 3 nitrogen and oxygen atoms in total. The van der Waals surface area contributed by atoms with Gasteiger partial charge in [-0.15, -0.1) is 0 Å². The lowest BCUT2D eigenvalue weighted by Crippen LogP contribution is -2.81. The van der Waals surface area contributed by atoms with Crippen molar-refractivity contribution in [2.45, 2.75) is 57.9 Å². The molecule has 5 aliphatic rings. The number of rotatable bonds is 4. The highest BCUT2D eigenvalue weighted by Crippen LogP contribution is 2.74. The van der Waals surface area contributed by atoms with Crippen molar-refractivity contribution in [3.8, 4) is 0 Å². The second-order valence-corrected chi connectivity index (χ2v) is 11.5. The van der Waals surface area contributed by atoms with Gasteiger partial charge < -0.3 is 5.32 Å². The Morgan fingerprint density at radius 1 is 0.743 bits per heavy atom. The second-order valence-electron chi connectivity index (χ2n) is 11.5. The summed E-state index contributed by atoms with van der Waals surface area (Å²) >= 11 is 0. The number of hydrogen-bond acceptors (Lipinski definition) is 3. The maximum Gasteiger partial charge on any atom is 0.166 e. The molecule has 0 unspecified atom stereocenters. The van der Waals surface area contributed by atoms with Crippen LogP contribution in [0, 0.1) is 30.6 Å². The zero-order valence-corrected chi connectivity index (χ0v) is 21.0. The average Bonchev–Trinajstić information content (AvgIpc) is 2.84. The van der Waals surface area contributed by atoms with Crippen LogP contribution >= 0.6 is 0 Å². The molecule has 5 saturated carbocycles. The number of hydrogen-bond donors (Lipinski definition) is 1. The molecule has 1 N–H and O–H groups in total. The lowest BCUT2D eigenvalue weighted by atomic mass is 9.31. The van der Waals surface area contributed by atoms with E-state index in [4.69, 9.17) is 0 Å². The van der Waals surface area contributed by atoms with Crippen LogP contribution < -0.4 is 5.32 Å². The van der Waals surface area contributed by atoms with Crippen LogP contribution in [0.1, 0.15) is 60.8 Å². The van der Waals surface area contributed by atoms with Crippen LogP contribution in [0.25, 0.3) is 0 Å². The molecule has 3 heteroatoms. The minimum absolute atomic E-state index is 0.0368. The number of ketones is 2. The molecule has 8 rings (SSSR count). The standard InChI is InChI=1S/C32H33NO2/c1-20-15-21(2)17-24(16-20)33-32-26-18-25(22-11-7-5-8-12-22)31(4,29(32)35)30(3,28(26)34)19-27(32)23-13-9-6-10-14-23/h5-17,25-27,33H,18-19H2,1-4H3/t25-,26-,27+,30-,31+,32-/m1/s1. The first-order valence-electron chi connectivity index (χ1n) is 12.8. The van der Waals surface area contributed by atoms with Crippen molar-refractivity contribution in [2.75, 3.05) is 5.32 Å². The fraction of sp³-hybridized carbons (Fsp3) is 0.375. The Balaban J connectivity index is 1.58.